The maximum atomic E-state index is 12.2. The van der Waals surface area contributed by atoms with Gasteiger partial charge in [-0.2, -0.15) is 5.10 Å². The molecule has 0 radical (unpaired) electrons. The molecule has 0 aliphatic heterocycles. The number of hydrogen-bond donors (Lipinski definition) is 1. The first-order valence-electron chi connectivity index (χ1n) is 6.15. The summed E-state index contributed by atoms with van der Waals surface area (Å²) in [5.41, 5.74) is 1.30. The minimum absolute atomic E-state index is 0.163. The summed E-state index contributed by atoms with van der Waals surface area (Å²) in [5, 5.41) is 7.18. The molecule has 0 aliphatic carbocycles. The van der Waals surface area contributed by atoms with E-state index in [1.807, 2.05) is 31.2 Å². The van der Waals surface area contributed by atoms with Crippen molar-refractivity contribution in [2.45, 2.75) is 13.0 Å². The van der Waals surface area contributed by atoms with Crippen molar-refractivity contribution in [3.8, 4) is 5.75 Å². The molecule has 0 spiro atoms. The minimum Gasteiger partial charge on any atom is -0.497 e. The zero-order chi connectivity index (χ0) is 14.7. The summed E-state index contributed by atoms with van der Waals surface area (Å²) in [5.74, 6) is 0.493. The second-order valence-electron chi connectivity index (χ2n) is 4.44. The van der Waals surface area contributed by atoms with Crippen LogP contribution in [0.2, 0.25) is 5.02 Å². The third kappa shape index (κ3) is 2.93. The average Bonchev–Trinajstić information content (AvgIpc) is 2.78. The Kier molecular flexibility index (Phi) is 4.29. The van der Waals surface area contributed by atoms with Crippen LogP contribution in [-0.4, -0.2) is 22.8 Å². The second kappa shape index (κ2) is 5.96. The lowest BCUT2D eigenvalue weighted by atomic mass is 10.1. The zero-order valence-corrected chi connectivity index (χ0v) is 12.3. The normalized spacial score (nSPS) is 12.0. The standard InChI is InChI=1S/C14H16ClN3O2/c1-9(10-5-4-6-11(7-10)20-3)17-14(19)13-12(15)8-16-18(13)2/h4-9H,1-3H3,(H,17,19)/t9-/m0/s1. The molecule has 0 bridgehead atoms. The van der Waals surface area contributed by atoms with Gasteiger partial charge >= 0.3 is 0 Å². The van der Waals surface area contributed by atoms with E-state index >= 15 is 0 Å². The van der Waals surface area contributed by atoms with E-state index in [0.29, 0.717) is 10.7 Å². The van der Waals surface area contributed by atoms with Crippen molar-refractivity contribution < 1.29 is 9.53 Å². The van der Waals surface area contributed by atoms with Crippen molar-refractivity contribution >= 4 is 17.5 Å². The summed E-state index contributed by atoms with van der Waals surface area (Å²) in [6.07, 6.45) is 1.45. The Morgan fingerprint density at radius 2 is 2.25 bits per heavy atom. The number of methoxy groups -OCH3 is 1. The molecule has 1 aromatic carbocycles. The van der Waals surface area contributed by atoms with Gasteiger partial charge in [0.2, 0.25) is 0 Å². The summed E-state index contributed by atoms with van der Waals surface area (Å²) in [4.78, 5) is 12.2. The fraction of sp³-hybridized carbons (Fsp3) is 0.286. The molecule has 1 atom stereocenters. The van der Waals surface area contributed by atoms with Crippen LogP contribution in [0.3, 0.4) is 0 Å². The molecule has 1 heterocycles. The van der Waals surface area contributed by atoms with E-state index in [-0.39, 0.29) is 11.9 Å². The molecule has 1 aromatic heterocycles. The van der Waals surface area contributed by atoms with E-state index in [4.69, 9.17) is 16.3 Å². The van der Waals surface area contributed by atoms with Crippen LogP contribution in [0.25, 0.3) is 0 Å². The number of nitrogens with zero attached hydrogens (tertiary/aromatic N) is 2. The first-order chi connectivity index (χ1) is 9.52. The van der Waals surface area contributed by atoms with Gasteiger partial charge in [0.1, 0.15) is 11.4 Å². The van der Waals surface area contributed by atoms with E-state index in [9.17, 15) is 4.79 Å². The van der Waals surface area contributed by atoms with Crippen LogP contribution in [0.5, 0.6) is 5.75 Å². The molecule has 20 heavy (non-hydrogen) atoms. The van der Waals surface area contributed by atoms with Crippen molar-refractivity contribution in [1.29, 1.82) is 0 Å². The van der Waals surface area contributed by atoms with Gasteiger partial charge in [0.15, 0.2) is 0 Å². The Balaban J connectivity index is 2.15. The Morgan fingerprint density at radius 3 is 2.85 bits per heavy atom. The molecule has 2 aromatic rings. The van der Waals surface area contributed by atoms with Crippen LogP contribution in [0, 0.1) is 0 Å². The summed E-state index contributed by atoms with van der Waals surface area (Å²) in [6, 6.07) is 7.39. The number of halogens is 1. The number of nitrogens with one attached hydrogen (secondary N) is 1. The largest absolute Gasteiger partial charge is 0.497 e. The highest BCUT2D eigenvalue weighted by Crippen LogP contribution is 2.20. The van der Waals surface area contributed by atoms with E-state index in [1.54, 1.807) is 14.2 Å². The third-order valence-electron chi connectivity index (χ3n) is 3.05. The highest BCUT2D eigenvalue weighted by atomic mass is 35.5. The summed E-state index contributed by atoms with van der Waals surface area (Å²) in [7, 11) is 3.29. The maximum absolute atomic E-state index is 12.2. The quantitative estimate of drug-likeness (QED) is 0.942. The second-order valence-corrected chi connectivity index (χ2v) is 4.84. The molecule has 106 valence electrons. The van der Waals surface area contributed by atoms with E-state index in [0.717, 1.165) is 11.3 Å². The Morgan fingerprint density at radius 1 is 1.50 bits per heavy atom. The molecule has 2 rings (SSSR count). The van der Waals surface area contributed by atoms with Crippen molar-refractivity contribution in [2.24, 2.45) is 7.05 Å². The van der Waals surface area contributed by atoms with Crippen LogP contribution in [-0.2, 0) is 7.05 Å². The number of aromatic nitrogens is 2. The van der Waals surface area contributed by atoms with Gasteiger partial charge in [-0.3, -0.25) is 9.48 Å². The predicted octanol–water partition coefficient (Wildman–Crippen LogP) is 2.57. The number of ether oxygens (including phenoxy) is 1. The van der Waals surface area contributed by atoms with Gasteiger partial charge in [-0.15, -0.1) is 0 Å². The number of carbonyl (C=O) groups is 1. The van der Waals surface area contributed by atoms with Gasteiger partial charge in [-0.1, -0.05) is 23.7 Å². The van der Waals surface area contributed by atoms with Gasteiger partial charge in [-0.05, 0) is 24.6 Å². The number of carbonyl (C=O) groups excluding carboxylic acids is 1. The molecule has 1 N–H and O–H groups in total. The molecule has 0 fully saturated rings. The first-order valence-corrected chi connectivity index (χ1v) is 6.53. The van der Waals surface area contributed by atoms with Crippen LogP contribution < -0.4 is 10.1 Å². The van der Waals surface area contributed by atoms with Crippen molar-refractivity contribution in [3.63, 3.8) is 0 Å². The lowest BCUT2D eigenvalue weighted by molar-refractivity contribution is 0.0930. The predicted molar refractivity (Wildman–Crippen MR) is 77.1 cm³/mol. The lowest BCUT2D eigenvalue weighted by Gasteiger charge is -2.15. The van der Waals surface area contributed by atoms with Gasteiger partial charge in [0.25, 0.3) is 5.91 Å². The Bertz CT molecular complexity index is 605. The minimum atomic E-state index is -0.259. The molecule has 0 aliphatic rings. The first kappa shape index (κ1) is 14.4. The van der Waals surface area contributed by atoms with Crippen molar-refractivity contribution in [2.75, 3.05) is 7.11 Å². The maximum Gasteiger partial charge on any atom is 0.271 e. The summed E-state index contributed by atoms with van der Waals surface area (Å²) < 4.78 is 6.63. The third-order valence-corrected chi connectivity index (χ3v) is 3.33. The highest BCUT2D eigenvalue weighted by molar-refractivity contribution is 6.33. The van der Waals surface area contributed by atoms with Gasteiger partial charge in [0.05, 0.1) is 24.4 Å². The highest BCUT2D eigenvalue weighted by Gasteiger charge is 2.18. The fourth-order valence-corrected chi connectivity index (χ4v) is 2.18. The molecule has 0 saturated heterocycles. The SMILES string of the molecule is COc1cccc([C@H](C)NC(=O)c2c(Cl)cnn2C)c1. The average molecular weight is 294 g/mol. The zero-order valence-electron chi connectivity index (χ0n) is 11.6. The topological polar surface area (TPSA) is 56.1 Å². The lowest BCUT2D eigenvalue weighted by Crippen LogP contribution is -2.28. The summed E-state index contributed by atoms with van der Waals surface area (Å²) in [6.45, 7) is 1.90. The molecule has 0 unspecified atom stereocenters. The van der Waals surface area contributed by atoms with Gasteiger partial charge < -0.3 is 10.1 Å². The van der Waals surface area contributed by atoms with Gasteiger partial charge in [0, 0.05) is 7.05 Å². The van der Waals surface area contributed by atoms with E-state index in [2.05, 4.69) is 10.4 Å². The Hall–Kier alpha value is -2.01. The van der Waals surface area contributed by atoms with Crippen LogP contribution in [0.4, 0.5) is 0 Å². The smallest absolute Gasteiger partial charge is 0.271 e. The summed E-state index contributed by atoms with van der Waals surface area (Å²) >= 11 is 5.95. The number of hydrogen-bond acceptors (Lipinski definition) is 3. The van der Waals surface area contributed by atoms with Crippen LogP contribution >= 0.6 is 11.6 Å². The fourth-order valence-electron chi connectivity index (χ4n) is 1.93. The monoisotopic (exact) mass is 293 g/mol. The number of aryl methyl sites for hydroxylation is 1. The molecule has 5 nitrogen and oxygen atoms in total. The van der Waals surface area contributed by atoms with E-state index in [1.165, 1.54) is 10.9 Å². The van der Waals surface area contributed by atoms with Crippen molar-refractivity contribution in [3.05, 3.63) is 46.7 Å². The van der Waals surface area contributed by atoms with Crippen LogP contribution in [0.15, 0.2) is 30.5 Å². The number of amides is 1. The number of rotatable bonds is 4. The number of benzene rings is 1. The van der Waals surface area contributed by atoms with E-state index < -0.39 is 0 Å². The molecular formula is C14H16ClN3O2. The molecule has 1 amide bonds. The Labute approximate surface area is 122 Å². The molecule has 0 saturated carbocycles. The van der Waals surface area contributed by atoms with Crippen LogP contribution in [0.1, 0.15) is 29.0 Å². The molecular weight excluding hydrogens is 278 g/mol. The molecule has 6 heteroatoms. The van der Waals surface area contributed by atoms with Crippen molar-refractivity contribution in [1.82, 2.24) is 15.1 Å². The van der Waals surface area contributed by atoms with Gasteiger partial charge in [-0.25, -0.2) is 0 Å².